The number of hydrogen-bond donors (Lipinski definition) is 1. The third kappa shape index (κ3) is 4.79. The molecule has 1 aromatic rings. The van der Waals surface area contributed by atoms with E-state index in [2.05, 4.69) is 17.1 Å². The quantitative estimate of drug-likeness (QED) is 0.824. The second kappa shape index (κ2) is 6.67. The average Bonchev–Trinajstić information content (AvgIpc) is 2.30. The molecule has 0 amide bonds. The topological polar surface area (TPSA) is 15.3 Å². The highest BCUT2D eigenvalue weighted by Crippen LogP contribution is 2.09. The maximum atomic E-state index is 13.3. The second-order valence-electron chi connectivity index (χ2n) is 4.37. The van der Waals surface area contributed by atoms with Crippen LogP contribution in [0.4, 0.5) is 8.78 Å². The molecule has 1 aromatic carbocycles. The zero-order valence-electron chi connectivity index (χ0n) is 10.6. The maximum absolute atomic E-state index is 13.3. The van der Waals surface area contributed by atoms with Gasteiger partial charge in [0.25, 0.3) is 0 Å². The Bertz CT molecular complexity index is 355. The highest BCUT2D eigenvalue weighted by molar-refractivity contribution is 5.18. The van der Waals surface area contributed by atoms with Crippen molar-refractivity contribution in [1.82, 2.24) is 10.2 Å². The third-order valence-corrected chi connectivity index (χ3v) is 2.77. The van der Waals surface area contributed by atoms with Crippen LogP contribution in [0, 0.1) is 11.6 Å². The van der Waals surface area contributed by atoms with E-state index in [1.165, 1.54) is 6.07 Å². The van der Waals surface area contributed by atoms with Gasteiger partial charge in [0.1, 0.15) is 11.6 Å². The third-order valence-electron chi connectivity index (χ3n) is 2.77. The Morgan fingerprint density at radius 3 is 2.71 bits per heavy atom. The highest BCUT2D eigenvalue weighted by Gasteiger charge is 2.07. The number of nitrogens with one attached hydrogen (secondary N) is 1. The molecule has 0 aromatic heterocycles. The van der Waals surface area contributed by atoms with Gasteiger partial charge in [-0.1, -0.05) is 6.92 Å². The van der Waals surface area contributed by atoms with Crippen molar-refractivity contribution in [2.45, 2.75) is 26.4 Å². The first-order valence-corrected chi connectivity index (χ1v) is 5.88. The van der Waals surface area contributed by atoms with E-state index in [1.54, 1.807) is 0 Å². The van der Waals surface area contributed by atoms with Gasteiger partial charge in [0.15, 0.2) is 0 Å². The summed E-state index contributed by atoms with van der Waals surface area (Å²) in [5, 5.41) is 3.18. The van der Waals surface area contributed by atoms with Crippen molar-refractivity contribution >= 4 is 0 Å². The lowest BCUT2D eigenvalue weighted by Crippen LogP contribution is -2.37. The number of nitrogens with zero attached hydrogens (tertiary/aromatic N) is 1. The molecule has 17 heavy (non-hydrogen) atoms. The Kier molecular flexibility index (Phi) is 5.51. The maximum Gasteiger partial charge on any atom is 0.127 e. The van der Waals surface area contributed by atoms with E-state index in [4.69, 9.17) is 0 Å². The minimum atomic E-state index is -0.401. The first-order valence-electron chi connectivity index (χ1n) is 5.88. The Morgan fingerprint density at radius 1 is 1.35 bits per heavy atom. The van der Waals surface area contributed by atoms with Crippen molar-refractivity contribution in [2.75, 3.05) is 20.1 Å². The van der Waals surface area contributed by atoms with Gasteiger partial charge in [-0.05, 0) is 38.7 Å². The fourth-order valence-electron chi connectivity index (χ4n) is 1.62. The van der Waals surface area contributed by atoms with Crippen LogP contribution in [0.5, 0.6) is 0 Å². The van der Waals surface area contributed by atoms with E-state index in [0.717, 1.165) is 25.2 Å². The molecule has 1 unspecified atom stereocenters. The SMILES string of the molecule is CCN(C)CC(C)NCc1cc(F)ccc1F. The molecular formula is C13H20F2N2. The van der Waals surface area contributed by atoms with Crippen LogP contribution in [-0.4, -0.2) is 31.1 Å². The standard InChI is InChI=1S/C13H20F2N2/c1-4-17(3)9-10(2)16-8-11-7-12(14)5-6-13(11)15/h5-7,10,16H,4,8-9H2,1-3H3. The summed E-state index contributed by atoms with van der Waals surface area (Å²) in [5.41, 5.74) is 0.371. The Morgan fingerprint density at radius 2 is 2.06 bits per heavy atom. The van der Waals surface area contributed by atoms with E-state index < -0.39 is 5.82 Å². The van der Waals surface area contributed by atoms with Crippen LogP contribution in [0.3, 0.4) is 0 Å². The lowest BCUT2D eigenvalue weighted by Gasteiger charge is -2.20. The molecule has 0 heterocycles. The van der Waals surface area contributed by atoms with Crippen molar-refractivity contribution < 1.29 is 8.78 Å². The Labute approximate surface area is 102 Å². The summed E-state index contributed by atoms with van der Waals surface area (Å²) < 4.78 is 26.3. The van der Waals surface area contributed by atoms with Crippen LogP contribution >= 0.6 is 0 Å². The molecule has 0 spiro atoms. The monoisotopic (exact) mass is 242 g/mol. The van der Waals surface area contributed by atoms with Crippen LogP contribution in [-0.2, 0) is 6.54 Å². The molecule has 1 rings (SSSR count). The largest absolute Gasteiger partial charge is 0.309 e. The van der Waals surface area contributed by atoms with Gasteiger partial charge < -0.3 is 10.2 Å². The first-order chi connectivity index (χ1) is 8.02. The highest BCUT2D eigenvalue weighted by atomic mass is 19.1. The van der Waals surface area contributed by atoms with E-state index in [9.17, 15) is 8.78 Å². The minimum Gasteiger partial charge on any atom is -0.309 e. The summed E-state index contributed by atoms with van der Waals surface area (Å²) in [6, 6.07) is 3.77. The van der Waals surface area contributed by atoms with Gasteiger partial charge in [0, 0.05) is 24.7 Å². The predicted octanol–water partition coefficient (Wildman–Crippen LogP) is 2.39. The molecule has 96 valence electrons. The predicted molar refractivity (Wildman–Crippen MR) is 65.8 cm³/mol. The molecule has 1 N–H and O–H groups in total. The molecule has 0 fully saturated rings. The van der Waals surface area contributed by atoms with Crippen LogP contribution in [0.15, 0.2) is 18.2 Å². The van der Waals surface area contributed by atoms with Crippen molar-refractivity contribution in [3.8, 4) is 0 Å². The molecule has 0 saturated heterocycles. The van der Waals surface area contributed by atoms with E-state index >= 15 is 0 Å². The van der Waals surface area contributed by atoms with Gasteiger partial charge in [-0.3, -0.25) is 0 Å². The van der Waals surface area contributed by atoms with Gasteiger partial charge in [-0.2, -0.15) is 0 Å². The lowest BCUT2D eigenvalue weighted by atomic mass is 10.2. The smallest absolute Gasteiger partial charge is 0.127 e. The molecule has 0 aliphatic heterocycles. The Balaban J connectivity index is 2.47. The normalized spacial score (nSPS) is 13.1. The molecule has 0 aliphatic rings. The molecule has 2 nitrogen and oxygen atoms in total. The molecule has 0 saturated carbocycles. The Hall–Kier alpha value is -1.00. The van der Waals surface area contributed by atoms with E-state index in [-0.39, 0.29) is 11.9 Å². The molecule has 0 bridgehead atoms. The van der Waals surface area contributed by atoms with Gasteiger partial charge in [-0.25, -0.2) is 8.78 Å². The molecular weight excluding hydrogens is 222 g/mol. The summed E-state index contributed by atoms with van der Waals surface area (Å²) in [6.45, 7) is 6.32. The van der Waals surface area contributed by atoms with Crippen LogP contribution in [0.25, 0.3) is 0 Å². The summed E-state index contributed by atoms with van der Waals surface area (Å²) in [4.78, 5) is 2.17. The van der Waals surface area contributed by atoms with Crippen LogP contribution in [0.2, 0.25) is 0 Å². The van der Waals surface area contributed by atoms with Crippen LogP contribution in [0.1, 0.15) is 19.4 Å². The van der Waals surface area contributed by atoms with Gasteiger partial charge >= 0.3 is 0 Å². The average molecular weight is 242 g/mol. The molecule has 0 radical (unpaired) electrons. The fraction of sp³-hybridized carbons (Fsp3) is 0.538. The minimum absolute atomic E-state index is 0.239. The van der Waals surface area contributed by atoms with Gasteiger partial charge in [0.2, 0.25) is 0 Å². The summed E-state index contributed by atoms with van der Waals surface area (Å²) in [5.74, 6) is -0.767. The van der Waals surface area contributed by atoms with Gasteiger partial charge in [-0.15, -0.1) is 0 Å². The number of benzene rings is 1. The van der Waals surface area contributed by atoms with Crippen molar-refractivity contribution in [2.24, 2.45) is 0 Å². The van der Waals surface area contributed by atoms with Crippen molar-refractivity contribution in [3.63, 3.8) is 0 Å². The summed E-state index contributed by atoms with van der Waals surface area (Å²) in [7, 11) is 2.03. The lowest BCUT2D eigenvalue weighted by molar-refractivity contribution is 0.308. The zero-order chi connectivity index (χ0) is 12.8. The number of hydrogen-bond acceptors (Lipinski definition) is 2. The van der Waals surface area contributed by atoms with E-state index in [1.807, 2.05) is 14.0 Å². The van der Waals surface area contributed by atoms with Crippen molar-refractivity contribution in [3.05, 3.63) is 35.4 Å². The van der Waals surface area contributed by atoms with E-state index in [0.29, 0.717) is 12.1 Å². The molecule has 4 heteroatoms. The molecule has 1 atom stereocenters. The van der Waals surface area contributed by atoms with Gasteiger partial charge in [0.05, 0.1) is 0 Å². The number of likely N-dealkylation sites (N-methyl/N-ethyl adjacent to an activating group) is 1. The summed E-state index contributed by atoms with van der Waals surface area (Å²) >= 11 is 0. The summed E-state index contributed by atoms with van der Waals surface area (Å²) in [6.07, 6.45) is 0. The molecule has 0 aliphatic carbocycles. The number of halogens is 2. The zero-order valence-corrected chi connectivity index (χ0v) is 10.6. The number of rotatable bonds is 6. The van der Waals surface area contributed by atoms with Crippen molar-refractivity contribution in [1.29, 1.82) is 0 Å². The second-order valence-corrected chi connectivity index (χ2v) is 4.37. The van der Waals surface area contributed by atoms with Crippen LogP contribution < -0.4 is 5.32 Å². The fourth-order valence-corrected chi connectivity index (χ4v) is 1.62. The first kappa shape index (κ1) is 14.1.